The molecule has 0 aromatic rings. The van der Waals surface area contributed by atoms with Gasteiger partial charge in [0, 0.05) is 0 Å². The second kappa shape index (κ2) is 2.43. The third-order valence-electron chi connectivity index (χ3n) is 2.59. The monoisotopic (exact) mass is 208 g/mol. The number of hydrogen-bond donors (Lipinski definition) is 6. The lowest BCUT2D eigenvalue weighted by Crippen LogP contribution is -2.71. The molecule has 8 heteroatoms. The van der Waals surface area contributed by atoms with Gasteiger partial charge in [0.15, 0.2) is 17.7 Å². The number of aliphatic hydroxyl groups is 4. The van der Waals surface area contributed by atoms with Crippen molar-refractivity contribution < 1.29 is 29.9 Å². The van der Waals surface area contributed by atoms with Crippen LogP contribution in [-0.2, 0) is 9.47 Å². The Kier molecular flexibility index (Phi) is 1.77. The van der Waals surface area contributed by atoms with Crippen LogP contribution in [0.2, 0.25) is 0 Å². The second-order valence-electron chi connectivity index (χ2n) is 3.69. The lowest BCUT2D eigenvalue weighted by Gasteiger charge is -2.35. The van der Waals surface area contributed by atoms with Gasteiger partial charge in [0.05, 0.1) is 0 Å². The van der Waals surface area contributed by atoms with Crippen LogP contribution >= 0.6 is 0 Å². The molecule has 2 atom stereocenters. The molecule has 82 valence electrons. The minimum absolute atomic E-state index is 0.450. The molecule has 0 amide bonds. The summed E-state index contributed by atoms with van der Waals surface area (Å²) >= 11 is 0. The molecule has 8 N–H and O–H groups in total. The Balaban J connectivity index is 2.39. The van der Waals surface area contributed by atoms with Crippen molar-refractivity contribution in [2.45, 2.75) is 23.7 Å². The fraction of sp³-hybridized carbons (Fsp3) is 1.00. The van der Waals surface area contributed by atoms with Gasteiger partial charge >= 0.3 is 5.97 Å². The van der Waals surface area contributed by atoms with Crippen molar-refractivity contribution in [2.24, 2.45) is 17.4 Å². The van der Waals surface area contributed by atoms with E-state index in [2.05, 4.69) is 4.74 Å². The number of fused-ring (bicyclic) bond motifs is 1. The van der Waals surface area contributed by atoms with Crippen LogP contribution in [0.1, 0.15) is 0 Å². The molecule has 2 unspecified atom stereocenters. The van der Waals surface area contributed by atoms with E-state index < -0.39 is 36.2 Å². The van der Waals surface area contributed by atoms with Gasteiger partial charge in [-0.1, -0.05) is 0 Å². The molecule has 0 bridgehead atoms. The topological polar surface area (TPSA) is 151 Å². The standard InChI is InChI=1S/C6H12N2O6/c7-5(8)2-3(14-6(5,11)12)13-1-4(2,9)10/h2-3,9-12H,1,7-8H2. The summed E-state index contributed by atoms with van der Waals surface area (Å²) in [4.78, 5) is 0. The maximum Gasteiger partial charge on any atom is 0.313 e. The third-order valence-corrected chi connectivity index (χ3v) is 2.59. The van der Waals surface area contributed by atoms with Gasteiger partial charge in [-0.25, -0.2) is 0 Å². The summed E-state index contributed by atoms with van der Waals surface area (Å²) in [5.41, 5.74) is 8.53. The van der Waals surface area contributed by atoms with Crippen LogP contribution in [0.3, 0.4) is 0 Å². The highest BCUT2D eigenvalue weighted by Crippen LogP contribution is 2.45. The molecule has 2 rings (SSSR count). The smallest absolute Gasteiger partial charge is 0.313 e. The van der Waals surface area contributed by atoms with Crippen LogP contribution in [0.5, 0.6) is 0 Å². The van der Waals surface area contributed by atoms with Crippen molar-refractivity contribution in [3.8, 4) is 0 Å². The Hall–Kier alpha value is -0.320. The van der Waals surface area contributed by atoms with Gasteiger partial charge in [0.1, 0.15) is 12.5 Å². The van der Waals surface area contributed by atoms with E-state index in [0.29, 0.717) is 0 Å². The minimum atomic E-state index is -2.85. The van der Waals surface area contributed by atoms with Crippen molar-refractivity contribution in [1.82, 2.24) is 0 Å². The van der Waals surface area contributed by atoms with Gasteiger partial charge in [-0.05, 0) is 0 Å². The first-order chi connectivity index (χ1) is 6.18. The van der Waals surface area contributed by atoms with Crippen molar-refractivity contribution in [1.29, 1.82) is 0 Å². The van der Waals surface area contributed by atoms with Gasteiger partial charge in [0.2, 0.25) is 0 Å². The van der Waals surface area contributed by atoms with Gasteiger partial charge in [-0.2, -0.15) is 0 Å². The van der Waals surface area contributed by atoms with Crippen molar-refractivity contribution >= 4 is 0 Å². The molecule has 0 aliphatic carbocycles. The lowest BCUT2D eigenvalue weighted by molar-refractivity contribution is -0.374. The maximum atomic E-state index is 9.40. The van der Waals surface area contributed by atoms with Crippen LogP contribution in [-0.4, -0.2) is 50.7 Å². The Morgan fingerprint density at radius 3 is 2.21 bits per heavy atom. The summed E-state index contributed by atoms with van der Waals surface area (Å²) in [6.45, 7) is -0.450. The first kappa shape index (κ1) is 10.2. The summed E-state index contributed by atoms with van der Waals surface area (Å²) in [7, 11) is 0. The number of nitrogens with two attached hydrogens (primary N) is 2. The third kappa shape index (κ3) is 1.05. The first-order valence-corrected chi connectivity index (χ1v) is 3.95. The summed E-state index contributed by atoms with van der Waals surface area (Å²) in [5, 5.41) is 37.3. The van der Waals surface area contributed by atoms with Gasteiger partial charge in [-0.3, -0.25) is 4.74 Å². The largest absolute Gasteiger partial charge is 0.363 e. The molecule has 2 heterocycles. The van der Waals surface area contributed by atoms with Crippen LogP contribution in [0.15, 0.2) is 0 Å². The highest BCUT2D eigenvalue weighted by molar-refractivity contribution is 5.07. The maximum absolute atomic E-state index is 9.40. The van der Waals surface area contributed by atoms with E-state index >= 15 is 0 Å². The molecule has 0 spiro atoms. The highest BCUT2D eigenvalue weighted by Gasteiger charge is 2.71. The predicted molar refractivity (Wildman–Crippen MR) is 39.8 cm³/mol. The molecule has 2 saturated heterocycles. The molecule has 14 heavy (non-hydrogen) atoms. The predicted octanol–water partition coefficient (Wildman–Crippen LogP) is -4.08. The number of ether oxygens (including phenoxy) is 2. The zero-order chi connectivity index (χ0) is 10.8. The quantitative estimate of drug-likeness (QED) is 0.220. The fourth-order valence-corrected chi connectivity index (χ4v) is 1.79. The molecular formula is C6H12N2O6. The Morgan fingerprint density at radius 2 is 1.71 bits per heavy atom. The Labute approximate surface area is 78.6 Å². The van der Waals surface area contributed by atoms with Crippen LogP contribution in [0.25, 0.3) is 0 Å². The van der Waals surface area contributed by atoms with Crippen molar-refractivity contribution in [2.75, 3.05) is 6.61 Å². The molecule has 2 aliphatic rings. The zero-order valence-electron chi connectivity index (χ0n) is 7.12. The number of hydrogen-bond acceptors (Lipinski definition) is 8. The normalized spacial score (nSPS) is 42.4. The average Bonchev–Trinajstić information content (AvgIpc) is 2.32. The first-order valence-electron chi connectivity index (χ1n) is 3.95. The van der Waals surface area contributed by atoms with Crippen molar-refractivity contribution in [3.05, 3.63) is 0 Å². The SMILES string of the molecule is NC1(N)C2C(OCC2(O)O)OC1(O)O. The van der Waals surface area contributed by atoms with Gasteiger partial charge < -0.3 is 36.6 Å². The van der Waals surface area contributed by atoms with Crippen LogP contribution in [0.4, 0.5) is 0 Å². The molecule has 8 nitrogen and oxygen atoms in total. The van der Waals surface area contributed by atoms with E-state index in [0.717, 1.165) is 0 Å². The number of rotatable bonds is 0. The van der Waals surface area contributed by atoms with E-state index in [4.69, 9.17) is 16.2 Å². The summed E-state index contributed by atoms with van der Waals surface area (Å²) in [5.74, 6) is -6.51. The molecule has 0 aromatic carbocycles. The molecular weight excluding hydrogens is 196 g/mol. The Bertz CT molecular complexity index is 265. The second-order valence-corrected chi connectivity index (χ2v) is 3.69. The summed E-state index contributed by atoms with van der Waals surface area (Å²) in [6.07, 6.45) is -1.24. The van der Waals surface area contributed by atoms with E-state index in [9.17, 15) is 20.4 Å². The fourth-order valence-electron chi connectivity index (χ4n) is 1.79. The molecule has 0 radical (unpaired) electrons. The lowest BCUT2D eigenvalue weighted by atomic mass is 9.88. The minimum Gasteiger partial charge on any atom is -0.363 e. The van der Waals surface area contributed by atoms with Crippen LogP contribution in [0, 0.1) is 5.92 Å². The molecule has 2 fully saturated rings. The van der Waals surface area contributed by atoms with E-state index in [1.807, 2.05) is 0 Å². The molecule has 2 aliphatic heterocycles. The average molecular weight is 208 g/mol. The van der Waals surface area contributed by atoms with Gasteiger partial charge in [0.25, 0.3) is 0 Å². The van der Waals surface area contributed by atoms with E-state index in [1.165, 1.54) is 0 Å². The molecule has 0 aromatic heterocycles. The van der Waals surface area contributed by atoms with E-state index in [-0.39, 0.29) is 0 Å². The van der Waals surface area contributed by atoms with Gasteiger partial charge in [-0.15, -0.1) is 0 Å². The zero-order valence-corrected chi connectivity index (χ0v) is 7.12. The van der Waals surface area contributed by atoms with Crippen LogP contribution < -0.4 is 11.5 Å². The summed E-state index contributed by atoms with van der Waals surface area (Å²) < 4.78 is 9.30. The Morgan fingerprint density at radius 1 is 1.14 bits per heavy atom. The highest BCUT2D eigenvalue weighted by atomic mass is 16.8. The molecule has 0 saturated carbocycles. The van der Waals surface area contributed by atoms with Crippen molar-refractivity contribution in [3.63, 3.8) is 0 Å². The van der Waals surface area contributed by atoms with E-state index in [1.54, 1.807) is 0 Å². The summed E-state index contributed by atoms with van der Waals surface area (Å²) in [6, 6.07) is 0.